The first-order valence-electron chi connectivity index (χ1n) is 4.67. The molecular formula is C9H18F3N. The maximum absolute atomic E-state index is 11.8. The summed E-state index contributed by atoms with van der Waals surface area (Å²) in [6.45, 7) is 6.02. The molecule has 0 aromatic rings. The second-order valence-corrected chi connectivity index (χ2v) is 3.58. The predicted octanol–water partition coefficient (Wildman–Crippen LogP) is 2.96. The Morgan fingerprint density at radius 2 is 1.77 bits per heavy atom. The third-order valence-electron chi connectivity index (χ3n) is 2.06. The monoisotopic (exact) mass is 197 g/mol. The molecular weight excluding hydrogens is 179 g/mol. The van der Waals surface area contributed by atoms with Gasteiger partial charge in [0.1, 0.15) is 0 Å². The minimum Gasteiger partial charge on any atom is -0.313 e. The van der Waals surface area contributed by atoms with E-state index < -0.39 is 12.6 Å². The van der Waals surface area contributed by atoms with Crippen LogP contribution in [0.2, 0.25) is 0 Å². The first-order valence-corrected chi connectivity index (χ1v) is 4.67. The minimum atomic E-state index is -4.04. The third-order valence-corrected chi connectivity index (χ3v) is 2.06. The molecule has 1 nitrogen and oxygen atoms in total. The fourth-order valence-corrected chi connectivity index (χ4v) is 1.25. The summed E-state index contributed by atoms with van der Waals surface area (Å²) in [4.78, 5) is 0. The van der Waals surface area contributed by atoms with E-state index in [9.17, 15) is 13.2 Å². The van der Waals surface area contributed by atoms with Crippen molar-refractivity contribution in [2.45, 2.75) is 45.8 Å². The normalized spacial score (nSPS) is 15.0. The van der Waals surface area contributed by atoms with Crippen LogP contribution in [0.15, 0.2) is 0 Å². The Labute approximate surface area is 77.7 Å². The van der Waals surface area contributed by atoms with Crippen molar-refractivity contribution in [3.8, 4) is 0 Å². The van der Waals surface area contributed by atoms with Crippen molar-refractivity contribution < 1.29 is 13.2 Å². The summed E-state index contributed by atoms with van der Waals surface area (Å²) in [7, 11) is 0. The summed E-state index contributed by atoms with van der Waals surface area (Å²) >= 11 is 0. The topological polar surface area (TPSA) is 12.0 Å². The quantitative estimate of drug-likeness (QED) is 0.714. The van der Waals surface area contributed by atoms with Crippen LogP contribution in [-0.2, 0) is 0 Å². The van der Waals surface area contributed by atoms with E-state index in [0.717, 1.165) is 6.42 Å². The van der Waals surface area contributed by atoms with Gasteiger partial charge in [-0.2, -0.15) is 13.2 Å². The number of alkyl halides is 3. The molecule has 0 aliphatic carbocycles. The summed E-state index contributed by atoms with van der Waals surface area (Å²) in [5, 5.41) is 2.91. The molecule has 0 amide bonds. The molecule has 0 aliphatic heterocycles. The lowest BCUT2D eigenvalue weighted by molar-refractivity contribution is -0.133. The van der Waals surface area contributed by atoms with Gasteiger partial charge in [-0.1, -0.05) is 20.8 Å². The molecule has 0 fully saturated rings. The lowest BCUT2D eigenvalue weighted by Gasteiger charge is -2.21. The van der Waals surface area contributed by atoms with Crippen LogP contribution in [0, 0.1) is 5.92 Å². The fraction of sp³-hybridized carbons (Fsp3) is 1.00. The Morgan fingerprint density at radius 3 is 2.08 bits per heavy atom. The van der Waals surface area contributed by atoms with Crippen LogP contribution >= 0.6 is 0 Å². The van der Waals surface area contributed by atoms with Crippen LogP contribution in [-0.4, -0.2) is 18.8 Å². The van der Waals surface area contributed by atoms with Crippen LogP contribution in [0.4, 0.5) is 13.2 Å². The lowest BCUT2D eigenvalue weighted by Crippen LogP contribution is -2.35. The highest BCUT2D eigenvalue weighted by molar-refractivity contribution is 4.69. The molecule has 0 heterocycles. The molecule has 0 spiro atoms. The molecule has 0 saturated heterocycles. The Hall–Kier alpha value is -0.250. The van der Waals surface area contributed by atoms with Crippen molar-refractivity contribution in [3.05, 3.63) is 0 Å². The highest BCUT2D eigenvalue weighted by Gasteiger charge is 2.26. The van der Waals surface area contributed by atoms with Gasteiger partial charge in [0.25, 0.3) is 0 Å². The highest BCUT2D eigenvalue weighted by Crippen LogP contribution is 2.18. The molecule has 0 aromatic carbocycles. The van der Waals surface area contributed by atoms with E-state index in [2.05, 4.69) is 5.32 Å². The van der Waals surface area contributed by atoms with Crippen molar-refractivity contribution >= 4 is 0 Å². The molecule has 4 heteroatoms. The van der Waals surface area contributed by atoms with E-state index in [-0.39, 0.29) is 12.6 Å². The summed E-state index contributed by atoms with van der Waals surface area (Å²) in [6, 6.07) is 0.197. The average Bonchev–Trinajstić information content (AvgIpc) is 1.95. The van der Waals surface area contributed by atoms with Gasteiger partial charge in [-0.25, -0.2) is 0 Å². The van der Waals surface area contributed by atoms with E-state index in [1.165, 1.54) is 0 Å². The van der Waals surface area contributed by atoms with Crippen molar-refractivity contribution in [2.24, 2.45) is 5.92 Å². The third kappa shape index (κ3) is 6.87. The Balaban J connectivity index is 3.62. The van der Waals surface area contributed by atoms with E-state index in [0.29, 0.717) is 5.92 Å². The van der Waals surface area contributed by atoms with Crippen molar-refractivity contribution in [1.82, 2.24) is 5.32 Å². The standard InChI is InChI=1S/C9H18F3N/c1-4-8(7(2)3)13-6-5-9(10,11)12/h7-8,13H,4-6H2,1-3H3. The van der Waals surface area contributed by atoms with Gasteiger partial charge < -0.3 is 5.32 Å². The molecule has 0 bridgehead atoms. The first kappa shape index (κ1) is 12.8. The van der Waals surface area contributed by atoms with Gasteiger partial charge in [-0.05, 0) is 12.3 Å². The van der Waals surface area contributed by atoms with Gasteiger partial charge in [0.05, 0.1) is 6.42 Å². The summed E-state index contributed by atoms with van der Waals surface area (Å²) < 4.78 is 35.3. The zero-order valence-electron chi connectivity index (χ0n) is 8.41. The van der Waals surface area contributed by atoms with Crippen LogP contribution in [0.5, 0.6) is 0 Å². The van der Waals surface area contributed by atoms with Crippen molar-refractivity contribution in [1.29, 1.82) is 0 Å². The molecule has 1 unspecified atom stereocenters. The van der Waals surface area contributed by atoms with Crippen molar-refractivity contribution in [2.75, 3.05) is 6.54 Å². The second kappa shape index (κ2) is 5.47. The summed E-state index contributed by atoms with van der Waals surface area (Å²) in [5.41, 5.74) is 0. The van der Waals surface area contributed by atoms with Gasteiger partial charge in [0.2, 0.25) is 0 Å². The molecule has 0 aromatic heterocycles. The van der Waals surface area contributed by atoms with Crippen LogP contribution in [0.3, 0.4) is 0 Å². The number of halogens is 3. The number of rotatable bonds is 5. The van der Waals surface area contributed by atoms with Crippen molar-refractivity contribution in [3.63, 3.8) is 0 Å². The van der Waals surface area contributed by atoms with E-state index in [4.69, 9.17) is 0 Å². The molecule has 13 heavy (non-hydrogen) atoms. The van der Waals surface area contributed by atoms with E-state index >= 15 is 0 Å². The van der Waals surface area contributed by atoms with Gasteiger partial charge in [-0.3, -0.25) is 0 Å². The van der Waals surface area contributed by atoms with E-state index in [1.807, 2.05) is 20.8 Å². The average molecular weight is 197 g/mol. The van der Waals surface area contributed by atoms with Crippen LogP contribution in [0.25, 0.3) is 0 Å². The zero-order chi connectivity index (χ0) is 10.5. The fourth-order valence-electron chi connectivity index (χ4n) is 1.25. The second-order valence-electron chi connectivity index (χ2n) is 3.58. The summed E-state index contributed by atoms with van der Waals surface area (Å²) in [5.74, 6) is 0.387. The molecule has 0 rings (SSSR count). The first-order chi connectivity index (χ1) is 5.87. The minimum absolute atomic E-state index is 0.0280. The molecule has 1 atom stereocenters. The Morgan fingerprint density at radius 1 is 1.23 bits per heavy atom. The summed E-state index contributed by atoms with van der Waals surface area (Å²) in [6.07, 6.45) is -3.91. The molecule has 1 N–H and O–H groups in total. The van der Waals surface area contributed by atoms with E-state index in [1.54, 1.807) is 0 Å². The largest absolute Gasteiger partial charge is 0.390 e. The molecule has 80 valence electrons. The Bertz CT molecular complexity index is 131. The lowest BCUT2D eigenvalue weighted by atomic mass is 10.0. The number of hydrogen-bond acceptors (Lipinski definition) is 1. The number of nitrogens with one attached hydrogen (secondary N) is 1. The van der Waals surface area contributed by atoms with Gasteiger partial charge in [-0.15, -0.1) is 0 Å². The molecule has 0 saturated carbocycles. The van der Waals surface area contributed by atoms with Gasteiger partial charge in [0.15, 0.2) is 0 Å². The van der Waals surface area contributed by atoms with Gasteiger partial charge in [0, 0.05) is 12.6 Å². The van der Waals surface area contributed by atoms with Crippen LogP contribution < -0.4 is 5.32 Å². The van der Waals surface area contributed by atoms with Crippen LogP contribution in [0.1, 0.15) is 33.6 Å². The molecule has 0 aliphatic rings. The highest BCUT2D eigenvalue weighted by atomic mass is 19.4. The predicted molar refractivity (Wildman–Crippen MR) is 47.6 cm³/mol. The maximum atomic E-state index is 11.8. The Kier molecular flexibility index (Phi) is 5.37. The zero-order valence-corrected chi connectivity index (χ0v) is 8.41. The molecule has 0 radical (unpaired) electrons. The number of hydrogen-bond donors (Lipinski definition) is 1. The maximum Gasteiger partial charge on any atom is 0.390 e. The van der Waals surface area contributed by atoms with Gasteiger partial charge >= 0.3 is 6.18 Å². The SMILES string of the molecule is CCC(NCCC(F)(F)F)C(C)C. The smallest absolute Gasteiger partial charge is 0.313 e.